The van der Waals surface area contributed by atoms with Gasteiger partial charge in [0.05, 0.1) is 11.0 Å². The first-order valence-corrected chi connectivity index (χ1v) is 8.97. The Kier molecular flexibility index (Phi) is 4.92. The molecule has 0 bridgehead atoms. The van der Waals surface area contributed by atoms with E-state index in [0.29, 0.717) is 12.1 Å². The first-order valence-electron chi connectivity index (χ1n) is 8.97. The Hall–Kier alpha value is -3.47. The minimum atomic E-state index is -0.0808. The highest BCUT2D eigenvalue weighted by molar-refractivity contribution is 5.94. The number of carbonyl (C=O) groups is 1. The van der Waals surface area contributed by atoms with Crippen molar-refractivity contribution < 1.29 is 4.79 Å². The monoisotopic (exact) mass is 356 g/mol. The number of pyridine rings is 1. The Morgan fingerprint density at radius 3 is 2.56 bits per heavy atom. The molecule has 2 heterocycles. The molecule has 4 rings (SSSR count). The van der Waals surface area contributed by atoms with Gasteiger partial charge in [-0.2, -0.15) is 0 Å². The van der Waals surface area contributed by atoms with Crippen molar-refractivity contribution in [3.8, 4) is 0 Å². The van der Waals surface area contributed by atoms with E-state index in [1.54, 1.807) is 12.4 Å². The van der Waals surface area contributed by atoms with E-state index in [2.05, 4.69) is 20.3 Å². The number of para-hydroxylation sites is 2. The maximum absolute atomic E-state index is 12.3. The molecule has 5 heteroatoms. The van der Waals surface area contributed by atoms with Crippen LogP contribution in [0.3, 0.4) is 0 Å². The summed E-state index contributed by atoms with van der Waals surface area (Å²) in [4.78, 5) is 24.3. The van der Waals surface area contributed by atoms with E-state index < -0.39 is 0 Å². The van der Waals surface area contributed by atoms with Gasteiger partial charge in [0.2, 0.25) is 0 Å². The maximum atomic E-state index is 12.3. The second kappa shape index (κ2) is 7.83. The van der Waals surface area contributed by atoms with Crippen LogP contribution >= 0.6 is 0 Å². The lowest BCUT2D eigenvalue weighted by atomic mass is 10.1. The third kappa shape index (κ3) is 4.20. The van der Waals surface area contributed by atoms with Gasteiger partial charge in [-0.05, 0) is 47.9 Å². The van der Waals surface area contributed by atoms with E-state index in [1.165, 1.54) is 5.56 Å². The quantitative estimate of drug-likeness (QED) is 0.554. The topological polar surface area (TPSA) is 70.7 Å². The summed E-state index contributed by atoms with van der Waals surface area (Å²) in [6.07, 6.45) is 5.18. The summed E-state index contributed by atoms with van der Waals surface area (Å²) in [5.41, 5.74) is 4.88. The minimum Gasteiger partial charge on any atom is -0.348 e. The van der Waals surface area contributed by atoms with Crippen molar-refractivity contribution in [2.24, 2.45) is 0 Å². The van der Waals surface area contributed by atoms with Gasteiger partial charge in [0.1, 0.15) is 5.82 Å². The van der Waals surface area contributed by atoms with Gasteiger partial charge in [0, 0.05) is 30.9 Å². The SMILES string of the molecule is O=C(NCc1cccnc1)c1ccc(CCc2nc3ccccc3[nH]2)cc1. The van der Waals surface area contributed by atoms with Crippen molar-refractivity contribution in [3.05, 3.63) is 95.6 Å². The fourth-order valence-corrected chi connectivity index (χ4v) is 3.00. The van der Waals surface area contributed by atoms with Crippen LogP contribution in [-0.2, 0) is 19.4 Å². The molecular weight excluding hydrogens is 336 g/mol. The normalized spacial score (nSPS) is 10.8. The average molecular weight is 356 g/mol. The molecule has 0 aliphatic rings. The molecule has 2 aromatic heterocycles. The molecular formula is C22H20N4O. The number of nitrogens with one attached hydrogen (secondary N) is 2. The zero-order valence-corrected chi connectivity index (χ0v) is 14.9. The number of nitrogens with zero attached hydrogens (tertiary/aromatic N) is 2. The van der Waals surface area contributed by atoms with E-state index in [0.717, 1.165) is 35.3 Å². The molecule has 5 nitrogen and oxygen atoms in total. The van der Waals surface area contributed by atoms with E-state index in [4.69, 9.17) is 0 Å². The van der Waals surface area contributed by atoms with Crippen molar-refractivity contribution in [1.29, 1.82) is 0 Å². The van der Waals surface area contributed by atoms with Gasteiger partial charge in [0.25, 0.3) is 5.91 Å². The summed E-state index contributed by atoms with van der Waals surface area (Å²) >= 11 is 0. The minimum absolute atomic E-state index is 0.0808. The molecule has 134 valence electrons. The van der Waals surface area contributed by atoms with Gasteiger partial charge >= 0.3 is 0 Å². The first kappa shape index (κ1) is 17.0. The molecule has 0 unspecified atom stereocenters. The van der Waals surface area contributed by atoms with Gasteiger partial charge in [-0.15, -0.1) is 0 Å². The van der Waals surface area contributed by atoms with Gasteiger partial charge in [-0.3, -0.25) is 9.78 Å². The van der Waals surface area contributed by atoms with Crippen LogP contribution in [0.25, 0.3) is 11.0 Å². The van der Waals surface area contributed by atoms with Crippen molar-refractivity contribution in [2.75, 3.05) is 0 Å². The molecule has 27 heavy (non-hydrogen) atoms. The fourth-order valence-electron chi connectivity index (χ4n) is 3.00. The number of carbonyl (C=O) groups excluding carboxylic acids is 1. The highest BCUT2D eigenvalue weighted by Gasteiger charge is 2.06. The zero-order valence-electron chi connectivity index (χ0n) is 14.9. The zero-order chi connectivity index (χ0) is 18.5. The summed E-state index contributed by atoms with van der Waals surface area (Å²) < 4.78 is 0. The van der Waals surface area contributed by atoms with Crippen LogP contribution < -0.4 is 5.32 Å². The van der Waals surface area contributed by atoms with Crippen molar-refractivity contribution >= 4 is 16.9 Å². The lowest BCUT2D eigenvalue weighted by Gasteiger charge is -2.06. The third-order valence-electron chi connectivity index (χ3n) is 4.48. The number of hydrogen-bond donors (Lipinski definition) is 2. The predicted molar refractivity (Wildman–Crippen MR) is 105 cm³/mol. The van der Waals surface area contributed by atoms with Gasteiger partial charge in [-0.25, -0.2) is 4.98 Å². The van der Waals surface area contributed by atoms with Crippen LogP contribution in [0, 0.1) is 0 Å². The second-order valence-corrected chi connectivity index (χ2v) is 6.44. The van der Waals surface area contributed by atoms with Crippen LogP contribution in [0.15, 0.2) is 73.1 Å². The number of aryl methyl sites for hydroxylation is 2. The highest BCUT2D eigenvalue weighted by atomic mass is 16.1. The smallest absolute Gasteiger partial charge is 0.251 e. The lowest BCUT2D eigenvalue weighted by molar-refractivity contribution is 0.0951. The molecule has 0 saturated heterocycles. The summed E-state index contributed by atoms with van der Waals surface area (Å²) in [5.74, 6) is 0.900. The van der Waals surface area contributed by atoms with Gasteiger partial charge in [0.15, 0.2) is 0 Å². The van der Waals surface area contributed by atoms with Crippen LogP contribution in [0.5, 0.6) is 0 Å². The summed E-state index contributed by atoms with van der Waals surface area (Å²) in [6.45, 7) is 0.473. The molecule has 1 amide bonds. The largest absolute Gasteiger partial charge is 0.348 e. The van der Waals surface area contributed by atoms with Crippen LogP contribution in [0.2, 0.25) is 0 Å². The van der Waals surface area contributed by atoms with Crippen molar-refractivity contribution in [3.63, 3.8) is 0 Å². The number of benzene rings is 2. The molecule has 0 aliphatic heterocycles. The van der Waals surface area contributed by atoms with Crippen LogP contribution in [-0.4, -0.2) is 20.9 Å². The second-order valence-electron chi connectivity index (χ2n) is 6.44. The maximum Gasteiger partial charge on any atom is 0.251 e. The molecule has 0 saturated carbocycles. The number of rotatable bonds is 6. The molecule has 0 fully saturated rings. The summed E-state index contributed by atoms with van der Waals surface area (Å²) in [6, 6.07) is 19.6. The number of H-pyrrole nitrogens is 1. The highest BCUT2D eigenvalue weighted by Crippen LogP contribution is 2.13. The standard InChI is InChI=1S/C22H20N4O/c27-22(24-15-17-4-3-13-23-14-17)18-10-7-16(8-11-18)9-12-21-25-19-5-1-2-6-20(19)26-21/h1-8,10-11,13-14H,9,12,15H2,(H,24,27)(H,25,26). The first-order chi connectivity index (χ1) is 13.3. The number of amides is 1. The molecule has 0 aliphatic carbocycles. The third-order valence-corrected chi connectivity index (χ3v) is 4.48. The average Bonchev–Trinajstić information content (AvgIpc) is 3.15. The van der Waals surface area contributed by atoms with E-state index in [1.807, 2.05) is 60.7 Å². The predicted octanol–water partition coefficient (Wildman–Crippen LogP) is 3.67. The molecule has 0 spiro atoms. The van der Waals surface area contributed by atoms with Crippen LogP contribution in [0.1, 0.15) is 27.3 Å². The molecule has 2 N–H and O–H groups in total. The van der Waals surface area contributed by atoms with E-state index in [-0.39, 0.29) is 5.91 Å². The molecule has 0 atom stereocenters. The Morgan fingerprint density at radius 1 is 0.926 bits per heavy atom. The molecule has 4 aromatic rings. The number of aromatic amines is 1. The van der Waals surface area contributed by atoms with Gasteiger partial charge in [-0.1, -0.05) is 30.3 Å². The number of hydrogen-bond acceptors (Lipinski definition) is 3. The Labute approximate surface area is 157 Å². The number of aromatic nitrogens is 3. The van der Waals surface area contributed by atoms with Crippen molar-refractivity contribution in [1.82, 2.24) is 20.3 Å². The van der Waals surface area contributed by atoms with E-state index >= 15 is 0 Å². The number of imidazole rings is 1. The molecule has 0 radical (unpaired) electrons. The Balaban J connectivity index is 1.33. The fraction of sp³-hybridized carbons (Fsp3) is 0.136. The van der Waals surface area contributed by atoms with E-state index in [9.17, 15) is 4.79 Å². The van der Waals surface area contributed by atoms with Gasteiger partial charge < -0.3 is 10.3 Å². The Morgan fingerprint density at radius 2 is 1.78 bits per heavy atom. The number of fused-ring (bicyclic) bond motifs is 1. The lowest BCUT2D eigenvalue weighted by Crippen LogP contribution is -2.22. The Bertz CT molecular complexity index is 1010. The van der Waals surface area contributed by atoms with Crippen molar-refractivity contribution in [2.45, 2.75) is 19.4 Å². The molecule has 2 aromatic carbocycles. The van der Waals surface area contributed by atoms with Crippen LogP contribution in [0.4, 0.5) is 0 Å². The summed E-state index contributed by atoms with van der Waals surface area (Å²) in [7, 11) is 0. The summed E-state index contributed by atoms with van der Waals surface area (Å²) in [5, 5.41) is 2.91.